The van der Waals surface area contributed by atoms with Crippen molar-refractivity contribution < 1.29 is 9.63 Å². The normalized spacial score (nSPS) is 10.0. The average Bonchev–Trinajstić information content (AvgIpc) is 2.24. The van der Waals surface area contributed by atoms with Crippen LogP contribution in [0.2, 0.25) is 5.02 Å². The van der Waals surface area contributed by atoms with E-state index in [-0.39, 0.29) is 5.91 Å². The minimum atomic E-state index is -0.144. The van der Waals surface area contributed by atoms with E-state index in [1.54, 1.807) is 24.3 Å². The zero-order chi connectivity index (χ0) is 11.1. The zero-order valence-corrected chi connectivity index (χ0v) is 8.96. The first-order valence-electron chi connectivity index (χ1n) is 4.59. The van der Waals surface area contributed by atoms with Crippen LogP contribution in [0.1, 0.15) is 16.8 Å². The van der Waals surface area contributed by atoms with E-state index in [2.05, 4.69) is 10.2 Å². The van der Waals surface area contributed by atoms with Gasteiger partial charge in [-0.3, -0.25) is 4.79 Å². The molecule has 1 amide bonds. The number of carbonyl (C=O) groups is 1. The number of amides is 1. The van der Waals surface area contributed by atoms with Crippen LogP contribution in [0.4, 0.5) is 0 Å². The summed E-state index contributed by atoms with van der Waals surface area (Å²) in [6, 6.07) is 6.79. The maximum absolute atomic E-state index is 11.5. The standard InChI is InChI=1S/C10H13ClN2O2/c11-9-4-1-3-8(7-9)10(14)13-5-2-6-15-12/h1,3-4,7H,2,5-6,12H2,(H,13,14). The lowest BCUT2D eigenvalue weighted by atomic mass is 10.2. The van der Waals surface area contributed by atoms with Crippen molar-refractivity contribution in [3.05, 3.63) is 34.9 Å². The van der Waals surface area contributed by atoms with E-state index >= 15 is 0 Å². The molecule has 0 aromatic heterocycles. The molecule has 0 spiro atoms. The summed E-state index contributed by atoms with van der Waals surface area (Å²) in [7, 11) is 0. The van der Waals surface area contributed by atoms with Gasteiger partial charge in [-0.05, 0) is 24.6 Å². The van der Waals surface area contributed by atoms with E-state index in [9.17, 15) is 4.79 Å². The van der Waals surface area contributed by atoms with Crippen LogP contribution in [0.15, 0.2) is 24.3 Å². The average molecular weight is 229 g/mol. The second-order valence-electron chi connectivity index (χ2n) is 2.99. The maximum Gasteiger partial charge on any atom is 0.251 e. The molecule has 0 bridgehead atoms. The fourth-order valence-electron chi connectivity index (χ4n) is 1.09. The van der Waals surface area contributed by atoms with E-state index in [4.69, 9.17) is 17.5 Å². The maximum atomic E-state index is 11.5. The van der Waals surface area contributed by atoms with Crippen LogP contribution < -0.4 is 11.2 Å². The fraction of sp³-hybridized carbons (Fsp3) is 0.300. The van der Waals surface area contributed by atoms with E-state index < -0.39 is 0 Å². The third-order valence-corrected chi connectivity index (χ3v) is 2.05. The van der Waals surface area contributed by atoms with Crippen LogP contribution in [-0.2, 0) is 4.84 Å². The predicted octanol–water partition coefficient (Wildman–Crippen LogP) is 1.35. The molecule has 0 atom stereocenters. The number of nitrogens with two attached hydrogens (primary N) is 1. The van der Waals surface area contributed by atoms with Gasteiger partial charge in [0.2, 0.25) is 0 Å². The van der Waals surface area contributed by atoms with Gasteiger partial charge in [0.25, 0.3) is 5.91 Å². The molecule has 1 aromatic carbocycles. The van der Waals surface area contributed by atoms with Crippen molar-refractivity contribution in [2.45, 2.75) is 6.42 Å². The van der Waals surface area contributed by atoms with Crippen molar-refractivity contribution in [2.75, 3.05) is 13.2 Å². The molecule has 1 aromatic rings. The summed E-state index contributed by atoms with van der Waals surface area (Å²) in [5.74, 6) is 4.70. The van der Waals surface area contributed by atoms with Crippen molar-refractivity contribution in [2.24, 2.45) is 5.90 Å². The van der Waals surface area contributed by atoms with Gasteiger partial charge in [0.05, 0.1) is 6.61 Å². The van der Waals surface area contributed by atoms with Gasteiger partial charge in [-0.25, -0.2) is 5.90 Å². The van der Waals surface area contributed by atoms with Gasteiger partial charge < -0.3 is 10.2 Å². The van der Waals surface area contributed by atoms with Gasteiger partial charge >= 0.3 is 0 Å². The molecule has 0 saturated carbocycles. The highest BCUT2D eigenvalue weighted by Crippen LogP contribution is 2.10. The zero-order valence-electron chi connectivity index (χ0n) is 8.20. The molecular weight excluding hydrogens is 216 g/mol. The van der Waals surface area contributed by atoms with Crippen molar-refractivity contribution >= 4 is 17.5 Å². The van der Waals surface area contributed by atoms with Gasteiger partial charge in [-0.2, -0.15) is 0 Å². The van der Waals surface area contributed by atoms with Gasteiger partial charge in [0.15, 0.2) is 0 Å². The first-order valence-corrected chi connectivity index (χ1v) is 4.97. The van der Waals surface area contributed by atoms with E-state index in [1.807, 2.05) is 0 Å². The molecule has 0 heterocycles. The Balaban J connectivity index is 2.40. The van der Waals surface area contributed by atoms with E-state index in [1.165, 1.54) is 0 Å². The summed E-state index contributed by atoms with van der Waals surface area (Å²) < 4.78 is 0. The van der Waals surface area contributed by atoms with Gasteiger partial charge in [-0.1, -0.05) is 17.7 Å². The summed E-state index contributed by atoms with van der Waals surface area (Å²) in [4.78, 5) is 15.9. The lowest BCUT2D eigenvalue weighted by Crippen LogP contribution is -2.25. The Bertz CT molecular complexity index is 331. The summed E-state index contributed by atoms with van der Waals surface area (Å²) in [5, 5.41) is 3.28. The van der Waals surface area contributed by atoms with E-state index in [0.29, 0.717) is 30.2 Å². The van der Waals surface area contributed by atoms with Crippen molar-refractivity contribution in [1.82, 2.24) is 5.32 Å². The Labute approximate surface area is 93.3 Å². The monoisotopic (exact) mass is 228 g/mol. The van der Waals surface area contributed by atoms with Crippen LogP contribution in [0.5, 0.6) is 0 Å². The second-order valence-corrected chi connectivity index (χ2v) is 3.43. The summed E-state index contributed by atoms with van der Waals surface area (Å²) >= 11 is 5.76. The lowest BCUT2D eigenvalue weighted by Gasteiger charge is -2.04. The lowest BCUT2D eigenvalue weighted by molar-refractivity contribution is 0.0941. The Morgan fingerprint density at radius 2 is 2.33 bits per heavy atom. The number of nitrogens with one attached hydrogen (secondary N) is 1. The molecular formula is C10H13ClN2O2. The van der Waals surface area contributed by atoms with Crippen LogP contribution >= 0.6 is 11.6 Å². The highest BCUT2D eigenvalue weighted by atomic mass is 35.5. The molecule has 4 nitrogen and oxygen atoms in total. The number of rotatable bonds is 5. The highest BCUT2D eigenvalue weighted by Gasteiger charge is 2.04. The largest absolute Gasteiger partial charge is 0.352 e. The number of halogens is 1. The number of hydrogen-bond acceptors (Lipinski definition) is 3. The molecule has 0 aliphatic rings. The fourth-order valence-corrected chi connectivity index (χ4v) is 1.28. The molecule has 15 heavy (non-hydrogen) atoms. The summed E-state index contributed by atoms with van der Waals surface area (Å²) in [5.41, 5.74) is 0.552. The van der Waals surface area contributed by atoms with Gasteiger partial charge in [0.1, 0.15) is 0 Å². The Morgan fingerprint density at radius 1 is 1.53 bits per heavy atom. The van der Waals surface area contributed by atoms with Gasteiger partial charge in [0, 0.05) is 17.1 Å². The predicted molar refractivity (Wildman–Crippen MR) is 58.5 cm³/mol. The van der Waals surface area contributed by atoms with Gasteiger partial charge in [-0.15, -0.1) is 0 Å². The topological polar surface area (TPSA) is 64.3 Å². The smallest absolute Gasteiger partial charge is 0.251 e. The number of benzene rings is 1. The van der Waals surface area contributed by atoms with E-state index in [0.717, 1.165) is 0 Å². The SMILES string of the molecule is NOCCCNC(=O)c1cccc(Cl)c1. The van der Waals surface area contributed by atoms with Crippen molar-refractivity contribution in [1.29, 1.82) is 0 Å². The molecule has 82 valence electrons. The molecule has 0 fully saturated rings. The third-order valence-electron chi connectivity index (χ3n) is 1.81. The Hall–Kier alpha value is -1.10. The first-order chi connectivity index (χ1) is 7.24. The highest BCUT2D eigenvalue weighted by molar-refractivity contribution is 6.30. The molecule has 0 aliphatic carbocycles. The molecule has 5 heteroatoms. The molecule has 3 N–H and O–H groups in total. The third kappa shape index (κ3) is 4.29. The van der Waals surface area contributed by atoms with Crippen molar-refractivity contribution in [3.63, 3.8) is 0 Å². The number of hydrogen-bond donors (Lipinski definition) is 2. The second kappa shape index (κ2) is 6.40. The van der Waals surface area contributed by atoms with Crippen LogP contribution in [-0.4, -0.2) is 19.1 Å². The van der Waals surface area contributed by atoms with Crippen LogP contribution in [0.25, 0.3) is 0 Å². The Morgan fingerprint density at radius 3 is 3.00 bits per heavy atom. The molecule has 0 unspecified atom stereocenters. The Kier molecular flexibility index (Phi) is 5.10. The minimum absolute atomic E-state index is 0.144. The molecule has 0 aliphatic heterocycles. The quantitative estimate of drug-likeness (QED) is 0.591. The molecule has 1 rings (SSSR count). The van der Waals surface area contributed by atoms with Crippen LogP contribution in [0, 0.1) is 0 Å². The number of carbonyl (C=O) groups excluding carboxylic acids is 1. The summed E-state index contributed by atoms with van der Waals surface area (Å²) in [6.07, 6.45) is 0.683. The van der Waals surface area contributed by atoms with Crippen molar-refractivity contribution in [3.8, 4) is 0 Å². The first kappa shape index (κ1) is 12.0. The molecule has 0 saturated heterocycles. The molecule has 0 radical (unpaired) electrons. The summed E-state index contributed by atoms with van der Waals surface area (Å²) in [6.45, 7) is 0.957. The minimum Gasteiger partial charge on any atom is -0.352 e. The van der Waals surface area contributed by atoms with Crippen LogP contribution in [0.3, 0.4) is 0 Å².